The van der Waals surface area contributed by atoms with Crippen LogP contribution in [0.15, 0.2) is 47.2 Å². The molecule has 1 aromatic carbocycles. The van der Waals surface area contributed by atoms with Gasteiger partial charge in [-0.15, -0.1) is 0 Å². The number of rotatable bonds is 4. The van der Waals surface area contributed by atoms with E-state index in [4.69, 9.17) is 9.47 Å². The third-order valence-corrected chi connectivity index (χ3v) is 4.31. The molecule has 0 aliphatic carbocycles. The Morgan fingerprint density at radius 1 is 1.13 bits per heavy atom. The lowest BCUT2D eigenvalue weighted by Gasteiger charge is -2.30. The Morgan fingerprint density at radius 2 is 1.87 bits per heavy atom. The molecule has 1 atom stereocenters. The van der Waals surface area contributed by atoms with Crippen LogP contribution in [-0.4, -0.2) is 43.1 Å². The monoisotopic (exact) mass is 331 g/mol. The molecule has 0 radical (unpaired) electrons. The highest BCUT2D eigenvalue weighted by Crippen LogP contribution is 2.23. The third-order valence-electron chi connectivity index (χ3n) is 3.63. The topological polar surface area (TPSA) is 55.8 Å². The van der Waals surface area contributed by atoms with Gasteiger partial charge in [0.2, 0.25) is 6.10 Å². The second-order valence-corrected chi connectivity index (χ2v) is 5.93. The van der Waals surface area contributed by atoms with Crippen LogP contribution in [0.1, 0.15) is 22.0 Å². The second-order valence-electron chi connectivity index (χ2n) is 5.15. The van der Waals surface area contributed by atoms with Crippen molar-refractivity contribution in [2.24, 2.45) is 0 Å². The average Bonchev–Trinajstić information content (AvgIpc) is 3.15. The number of carbonyl (C=O) groups excluding carboxylic acids is 2. The molecule has 3 rings (SSSR count). The van der Waals surface area contributed by atoms with Crippen LogP contribution in [0.2, 0.25) is 0 Å². The first-order chi connectivity index (χ1) is 11.3. The number of hydrogen-bond donors (Lipinski definition) is 0. The van der Waals surface area contributed by atoms with Gasteiger partial charge in [0.05, 0.1) is 18.8 Å². The van der Waals surface area contributed by atoms with Crippen molar-refractivity contribution >= 4 is 23.2 Å². The van der Waals surface area contributed by atoms with Crippen molar-refractivity contribution in [3.63, 3.8) is 0 Å². The van der Waals surface area contributed by atoms with E-state index in [2.05, 4.69) is 0 Å². The number of morpholine rings is 1. The van der Waals surface area contributed by atoms with Gasteiger partial charge in [0.1, 0.15) is 0 Å². The molecule has 1 fully saturated rings. The van der Waals surface area contributed by atoms with Gasteiger partial charge in [-0.05, 0) is 11.4 Å². The normalized spacial score (nSPS) is 15.9. The van der Waals surface area contributed by atoms with Crippen molar-refractivity contribution < 1.29 is 19.1 Å². The lowest BCUT2D eigenvalue weighted by atomic mass is 10.1. The summed E-state index contributed by atoms with van der Waals surface area (Å²) in [6.45, 7) is 2.04. The Kier molecular flexibility index (Phi) is 5.05. The Bertz CT molecular complexity index is 650. The van der Waals surface area contributed by atoms with E-state index in [1.165, 1.54) is 11.3 Å². The van der Waals surface area contributed by atoms with Gasteiger partial charge >= 0.3 is 5.97 Å². The van der Waals surface area contributed by atoms with Crippen LogP contribution in [0.4, 0.5) is 0 Å². The second kappa shape index (κ2) is 7.39. The summed E-state index contributed by atoms with van der Waals surface area (Å²) >= 11 is 1.41. The minimum Gasteiger partial charge on any atom is -0.444 e. The van der Waals surface area contributed by atoms with Crippen molar-refractivity contribution in [2.75, 3.05) is 26.3 Å². The Morgan fingerprint density at radius 3 is 2.52 bits per heavy atom. The van der Waals surface area contributed by atoms with E-state index in [0.717, 1.165) is 0 Å². The summed E-state index contributed by atoms with van der Waals surface area (Å²) in [5, 5.41) is 3.52. The highest BCUT2D eigenvalue weighted by molar-refractivity contribution is 7.08. The SMILES string of the molecule is O=C(O[C@@H](C(=O)N1CCOCC1)c1ccccc1)c1ccsc1. The van der Waals surface area contributed by atoms with Crippen LogP contribution in [0, 0.1) is 0 Å². The number of hydrogen-bond acceptors (Lipinski definition) is 5. The van der Waals surface area contributed by atoms with Gasteiger partial charge in [0, 0.05) is 24.0 Å². The summed E-state index contributed by atoms with van der Waals surface area (Å²) in [5.74, 6) is -0.690. The molecule has 1 aliphatic rings. The van der Waals surface area contributed by atoms with Gasteiger partial charge in [0.15, 0.2) is 0 Å². The van der Waals surface area contributed by atoms with Gasteiger partial charge in [-0.3, -0.25) is 4.79 Å². The van der Waals surface area contributed by atoms with Gasteiger partial charge in [-0.2, -0.15) is 11.3 Å². The van der Waals surface area contributed by atoms with E-state index in [0.29, 0.717) is 37.4 Å². The van der Waals surface area contributed by atoms with Crippen molar-refractivity contribution in [1.29, 1.82) is 0 Å². The average molecular weight is 331 g/mol. The first-order valence-electron chi connectivity index (χ1n) is 7.40. The number of benzene rings is 1. The van der Waals surface area contributed by atoms with E-state index in [1.807, 2.05) is 18.2 Å². The van der Waals surface area contributed by atoms with Crippen LogP contribution in [0.25, 0.3) is 0 Å². The molecule has 5 nitrogen and oxygen atoms in total. The van der Waals surface area contributed by atoms with Crippen LogP contribution in [0.3, 0.4) is 0 Å². The summed E-state index contributed by atoms with van der Waals surface area (Å²) in [4.78, 5) is 26.7. The van der Waals surface area contributed by atoms with E-state index >= 15 is 0 Å². The number of ether oxygens (including phenoxy) is 2. The molecule has 120 valence electrons. The van der Waals surface area contributed by atoms with Gasteiger partial charge in [-0.25, -0.2) is 4.79 Å². The molecule has 1 amide bonds. The molecular weight excluding hydrogens is 314 g/mol. The molecule has 0 N–H and O–H groups in total. The Balaban J connectivity index is 1.81. The van der Waals surface area contributed by atoms with Crippen LogP contribution < -0.4 is 0 Å². The molecule has 0 spiro atoms. The molecule has 0 bridgehead atoms. The summed E-state index contributed by atoms with van der Waals surface area (Å²) in [6.07, 6.45) is -0.929. The minimum absolute atomic E-state index is 0.205. The Labute approximate surface area is 138 Å². The molecule has 1 aliphatic heterocycles. The number of carbonyl (C=O) groups is 2. The fourth-order valence-electron chi connectivity index (χ4n) is 2.39. The smallest absolute Gasteiger partial charge is 0.340 e. The fourth-order valence-corrected chi connectivity index (χ4v) is 3.02. The Hall–Kier alpha value is -2.18. The largest absolute Gasteiger partial charge is 0.444 e. The zero-order chi connectivity index (χ0) is 16.1. The van der Waals surface area contributed by atoms with Gasteiger partial charge in [0.25, 0.3) is 5.91 Å². The predicted octanol–water partition coefficient (Wildman–Crippen LogP) is 2.51. The zero-order valence-electron chi connectivity index (χ0n) is 12.5. The first-order valence-corrected chi connectivity index (χ1v) is 8.34. The predicted molar refractivity (Wildman–Crippen MR) is 86.3 cm³/mol. The van der Waals surface area contributed by atoms with E-state index < -0.39 is 12.1 Å². The van der Waals surface area contributed by atoms with Crippen molar-refractivity contribution in [3.05, 3.63) is 58.3 Å². The third kappa shape index (κ3) is 3.78. The number of nitrogens with zero attached hydrogens (tertiary/aromatic N) is 1. The van der Waals surface area contributed by atoms with Crippen LogP contribution in [-0.2, 0) is 14.3 Å². The van der Waals surface area contributed by atoms with Crippen molar-refractivity contribution in [3.8, 4) is 0 Å². The maximum atomic E-state index is 12.8. The van der Waals surface area contributed by atoms with E-state index in [1.54, 1.807) is 33.9 Å². The number of esters is 1. The highest BCUT2D eigenvalue weighted by Gasteiger charge is 2.30. The zero-order valence-corrected chi connectivity index (χ0v) is 13.3. The highest BCUT2D eigenvalue weighted by atomic mass is 32.1. The van der Waals surface area contributed by atoms with Crippen molar-refractivity contribution in [1.82, 2.24) is 4.90 Å². The molecule has 2 heterocycles. The first kappa shape index (κ1) is 15.7. The molecular formula is C17H17NO4S. The molecule has 1 aromatic heterocycles. The lowest BCUT2D eigenvalue weighted by molar-refractivity contribution is -0.145. The van der Waals surface area contributed by atoms with E-state index in [-0.39, 0.29) is 5.91 Å². The van der Waals surface area contributed by atoms with Gasteiger partial charge < -0.3 is 14.4 Å². The molecule has 2 aromatic rings. The molecule has 1 saturated heterocycles. The standard InChI is InChI=1S/C17H17NO4S/c19-16(18-7-9-21-10-8-18)15(13-4-2-1-3-5-13)22-17(20)14-6-11-23-12-14/h1-6,11-12,15H,7-10H2/t15-/m1/s1. The van der Waals surface area contributed by atoms with Crippen molar-refractivity contribution in [2.45, 2.75) is 6.10 Å². The van der Waals surface area contributed by atoms with Crippen LogP contribution in [0.5, 0.6) is 0 Å². The minimum atomic E-state index is -0.929. The lowest BCUT2D eigenvalue weighted by Crippen LogP contribution is -2.44. The maximum absolute atomic E-state index is 12.8. The number of amides is 1. The summed E-state index contributed by atoms with van der Waals surface area (Å²) in [6, 6.07) is 10.8. The maximum Gasteiger partial charge on any atom is 0.340 e. The molecule has 6 heteroatoms. The molecule has 0 saturated carbocycles. The fraction of sp³-hybridized carbons (Fsp3) is 0.294. The molecule has 0 unspecified atom stereocenters. The quantitative estimate of drug-likeness (QED) is 0.808. The summed E-state index contributed by atoms with van der Waals surface area (Å²) in [7, 11) is 0. The summed E-state index contributed by atoms with van der Waals surface area (Å²) < 4.78 is 10.8. The van der Waals surface area contributed by atoms with Crippen LogP contribution >= 0.6 is 11.3 Å². The summed E-state index contributed by atoms with van der Waals surface area (Å²) in [5.41, 5.74) is 1.14. The van der Waals surface area contributed by atoms with E-state index in [9.17, 15) is 9.59 Å². The number of thiophene rings is 1. The molecule has 23 heavy (non-hydrogen) atoms. The van der Waals surface area contributed by atoms with Gasteiger partial charge in [-0.1, -0.05) is 30.3 Å².